The van der Waals surface area contributed by atoms with E-state index in [1.807, 2.05) is 6.07 Å². The number of hydrogen-bond donors (Lipinski definition) is 1. The van der Waals surface area contributed by atoms with Gasteiger partial charge in [0.15, 0.2) is 0 Å². The van der Waals surface area contributed by atoms with Crippen LogP contribution in [-0.4, -0.2) is 11.2 Å². The molecule has 0 fully saturated rings. The first-order chi connectivity index (χ1) is 7.72. The molecule has 1 N–H and O–H groups in total. The van der Waals surface area contributed by atoms with Gasteiger partial charge < -0.3 is 5.11 Å². The molecule has 0 aliphatic heterocycles. The van der Waals surface area contributed by atoms with E-state index in [4.69, 9.17) is 0 Å². The lowest BCUT2D eigenvalue weighted by atomic mass is 9.95. The molecule has 0 bridgehead atoms. The third kappa shape index (κ3) is 5.32. The number of hydrogen-bond acceptors (Lipinski definition) is 1. The van der Waals surface area contributed by atoms with Crippen LogP contribution < -0.4 is 0 Å². The van der Waals surface area contributed by atoms with Crippen molar-refractivity contribution in [1.29, 1.82) is 0 Å². The SMILES string of the molecule is CCCC(C)CC(O)CCc1ccccc1. The lowest BCUT2D eigenvalue weighted by molar-refractivity contribution is 0.134. The maximum Gasteiger partial charge on any atom is 0.0546 e. The molecule has 2 unspecified atom stereocenters. The Kier molecular flexibility index (Phi) is 6.17. The zero-order valence-electron chi connectivity index (χ0n) is 10.5. The first-order valence-electron chi connectivity index (χ1n) is 6.44. The van der Waals surface area contributed by atoms with Crippen molar-refractivity contribution < 1.29 is 5.11 Å². The molecule has 1 aromatic carbocycles. The minimum absolute atomic E-state index is 0.137. The molecule has 0 radical (unpaired) electrons. The topological polar surface area (TPSA) is 20.2 Å². The van der Waals surface area contributed by atoms with Crippen molar-refractivity contribution in [2.24, 2.45) is 5.92 Å². The van der Waals surface area contributed by atoms with E-state index in [0.29, 0.717) is 5.92 Å². The quantitative estimate of drug-likeness (QED) is 0.741. The van der Waals surface area contributed by atoms with Gasteiger partial charge in [-0.25, -0.2) is 0 Å². The number of aryl methyl sites for hydroxylation is 1. The molecule has 0 aromatic heterocycles. The molecule has 1 nitrogen and oxygen atoms in total. The second-order valence-electron chi connectivity index (χ2n) is 4.81. The van der Waals surface area contributed by atoms with Gasteiger partial charge in [0, 0.05) is 0 Å². The third-order valence-electron chi connectivity index (χ3n) is 3.06. The summed E-state index contributed by atoms with van der Waals surface area (Å²) in [5, 5.41) is 9.91. The Morgan fingerprint density at radius 3 is 2.44 bits per heavy atom. The van der Waals surface area contributed by atoms with Crippen molar-refractivity contribution in [1.82, 2.24) is 0 Å². The molecule has 90 valence electrons. The lowest BCUT2D eigenvalue weighted by Gasteiger charge is -2.15. The van der Waals surface area contributed by atoms with Gasteiger partial charge in [0.2, 0.25) is 0 Å². The molecule has 0 aliphatic rings. The van der Waals surface area contributed by atoms with Gasteiger partial charge in [-0.05, 0) is 30.7 Å². The summed E-state index contributed by atoms with van der Waals surface area (Å²) < 4.78 is 0. The molecule has 0 aliphatic carbocycles. The van der Waals surface area contributed by atoms with Crippen molar-refractivity contribution in [3.8, 4) is 0 Å². The van der Waals surface area contributed by atoms with E-state index in [-0.39, 0.29) is 6.10 Å². The van der Waals surface area contributed by atoms with Crippen LogP contribution in [0.1, 0.15) is 45.1 Å². The molecule has 2 atom stereocenters. The predicted octanol–water partition coefficient (Wildman–Crippen LogP) is 3.81. The molecular formula is C15H24O. The van der Waals surface area contributed by atoms with Gasteiger partial charge in [-0.15, -0.1) is 0 Å². The molecule has 0 saturated carbocycles. The average molecular weight is 220 g/mol. The predicted molar refractivity (Wildman–Crippen MR) is 69.5 cm³/mol. The van der Waals surface area contributed by atoms with Gasteiger partial charge >= 0.3 is 0 Å². The highest BCUT2D eigenvalue weighted by Gasteiger charge is 2.09. The Hall–Kier alpha value is -0.820. The van der Waals surface area contributed by atoms with Crippen LogP contribution in [0.3, 0.4) is 0 Å². The van der Waals surface area contributed by atoms with Crippen LogP contribution in [0.2, 0.25) is 0 Å². The summed E-state index contributed by atoms with van der Waals surface area (Å²) in [6.45, 7) is 4.43. The monoisotopic (exact) mass is 220 g/mol. The summed E-state index contributed by atoms with van der Waals surface area (Å²) >= 11 is 0. The van der Waals surface area contributed by atoms with Crippen molar-refractivity contribution >= 4 is 0 Å². The van der Waals surface area contributed by atoms with E-state index < -0.39 is 0 Å². The zero-order valence-corrected chi connectivity index (χ0v) is 10.5. The van der Waals surface area contributed by atoms with Crippen LogP contribution in [0.25, 0.3) is 0 Å². The summed E-state index contributed by atoms with van der Waals surface area (Å²) in [5.41, 5.74) is 1.32. The molecule has 16 heavy (non-hydrogen) atoms. The van der Waals surface area contributed by atoms with Gasteiger partial charge in [-0.2, -0.15) is 0 Å². The third-order valence-corrected chi connectivity index (χ3v) is 3.06. The summed E-state index contributed by atoms with van der Waals surface area (Å²) in [5.74, 6) is 0.649. The normalized spacial score (nSPS) is 14.7. The van der Waals surface area contributed by atoms with Gasteiger partial charge in [-0.3, -0.25) is 0 Å². The van der Waals surface area contributed by atoms with Crippen LogP contribution in [0.5, 0.6) is 0 Å². The Labute approximate surface area is 99.5 Å². The first kappa shape index (κ1) is 13.2. The van der Waals surface area contributed by atoms with Crippen LogP contribution in [-0.2, 0) is 6.42 Å². The molecule has 1 heteroatoms. The Balaban J connectivity index is 2.22. The van der Waals surface area contributed by atoms with E-state index in [1.54, 1.807) is 0 Å². The Morgan fingerprint density at radius 2 is 1.81 bits per heavy atom. The largest absolute Gasteiger partial charge is 0.393 e. The van der Waals surface area contributed by atoms with Crippen LogP contribution >= 0.6 is 0 Å². The fourth-order valence-corrected chi connectivity index (χ4v) is 2.17. The van der Waals surface area contributed by atoms with Gasteiger partial charge in [-0.1, -0.05) is 57.0 Å². The smallest absolute Gasteiger partial charge is 0.0546 e. The summed E-state index contributed by atoms with van der Waals surface area (Å²) in [6, 6.07) is 10.4. The number of aliphatic hydroxyl groups is 1. The maximum absolute atomic E-state index is 9.91. The van der Waals surface area contributed by atoms with Crippen molar-refractivity contribution in [3.05, 3.63) is 35.9 Å². The molecule has 0 heterocycles. The van der Waals surface area contributed by atoms with E-state index >= 15 is 0 Å². The van der Waals surface area contributed by atoms with Crippen LogP contribution in [0.4, 0.5) is 0 Å². The maximum atomic E-state index is 9.91. The summed E-state index contributed by atoms with van der Waals surface area (Å²) in [4.78, 5) is 0. The minimum atomic E-state index is -0.137. The van der Waals surface area contributed by atoms with Gasteiger partial charge in [0.1, 0.15) is 0 Å². The van der Waals surface area contributed by atoms with E-state index in [1.165, 1.54) is 18.4 Å². The summed E-state index contributed by atoms with van der Waals surface area (Å²) in [7, 11) is 0. The Morgan fingerprint density at radius 1 is 1.12 bits per heavy atom. The van der Waals surface area contributed by atoms with E-state index in [0.717, 1.165) is 19.3 Å². The second kappa shape index (κ2) is 7.45. The molecule has 1 rings (SSSR count). The molecular weight excluding hydrogens is 196 g/mol. The zero-order chi connectivity index (χ0) is 11.8. The molecule has 0 spiro atoms. The molecule has 1 aromatic rings. The fourth-order valence-electron chi connectivity index (χ4n) is 2.17. The Bertz CT molecular complexity index is 268. The van der Waals surface area contributed by atoms with Crippen LogP contribution in [0.15, 0.2) is 30.3 Å². The number of benzene rings is 1. The van der Waals surface area contributed by atoms with E-state index in [9.17, 15) is 5.11 Å². The van der Waals surface area contributed by atoms with Crippen LogP contribution in [0, 0.1) is 5.92 Å². The van der Waals surface area contributed by atoms with Gasteiger partial charge in [0.05, 0.1) is 6.10 Å². The molecule has 0 saturated heterocycles. The second-order valence-corrected chi connectivity index (χ2v) is 4.81. The standard InChI is InChI=1S/C15H24O/c1-3-7-13(2)12-15(16)11-10-14-8-5-4-6-9-14/h4-6,8-9,13,15-16H,3,7,10-12H2,1-2H3. The highest BCUT2D eigenvalue weighted by atomic mass is 16.3. The van der Waals surface area contributed by atoms with Crippen molar-refractivity contribution in [3.63, 3.8) is 0 Å². The minimum Gasteiger partial charge on any atom is -0.393 e. The number of rotatable bonds is 7. The van der Waals surface area contributed by atoms with Crippen molar-refractivity contribution in [2.75, 3.05) is 0 Å². The molecule has 0 amide bonds. The lowest BCUT2D eigenvalue weighted by Crippen LogP contribution is -2.12. The number of aliphatic hydroxyl groups excluding tert-OH is 1. The van der Waals surface area contributed by atoms with Gasteiger partial charge in [0.25, 0.3) is 0 Å². The van der Waals surface area contributed by atoms with E-state index in [2.05, 4.69) is 38.1 Å². The summed E-state index contributed by atoms with van der Waals surface area (Å²) in [6.07, 6.45) is 5.12. The first-order valence-corrected chi connectivity index (χ1v) is 6.44. The highest BCUT2D eigenvalue weighted by molar-refractivity contribution is 5.14. The van der Waals surface area contributed by atoms with Crippen molar-refractivity contribution in [2.45, 2.75) is 52.1 Å². The average Bonchev–Trinajstić information content (AvgIpc) is 2.28. The highest BCUT2D eigenvalue weighted by Crippen LogP contribution is 2.15. The fraction of sp³-hybridized carbons (Fsp3) is 0.600.